The summed E-state index contributed by atoms with van der Waals surface area (Å²) < 4.78 is 11.7. The minimum Gasteiger partial charge on any atom is -0.488 e. The van der Waals surface area contributed by atoms with Crippen molar-refractivity contribution < 1.29 is 9.47 Å². The Bertz CT molecular complexity index is 440. The SMILES string of the molecule is COCC(C)NC(N)=NCC(C)Oc1ccccc1Br. The molecule has 0 fully saturated rings. The van der Waals surface area contributed by atoms with E-state index in [9.17, 15) is 0 Å². The Kier molecular flexibility index (Phi) is 7.40. The van der Waals surface area contributed by atoms with Gasteiger partial charge < -0.3 is 20.5 Å². The molecule has 0 bridgehead atoms. The van der Waals surface area contributed by atoms with Gasteiger partial charge in [0.05, 0.1) is 17.6 Å². The van der Waals surface area contributed by atoms with Crippen molar-refractivity contribution in [3.05, 3.63) is 28.7 Å². The lowest BCUT2D eigenvalue weighted by molar-refractivity contribution is 0.179. The lowest BCUT2D eigenvalue weighted by atomic mass is 10.3. The number of guanidine groups is 1. The van der Waals surface area contributed by atoms with Crippen LogP contribution in [0.15, 0.2) is 33.7 Å². The van der Waals surface area contributed by atoms with Crippen LogP contribution < -0.4 is 15.8 Å². The van der Waals surface area contributed by atoms with Gasteiger partial charge in [0.25, 0.3) is 0 Å². The Morgan fingerprint density at radius 3 is 2.75 bits per heavy atom. The van der Waals surface area contributed by atoms with Crippen LogP contribution in [0.4, 0.5) is 0 Å². The van der Waals surface area contributed by atoms with Gasteiger partial charge in [0.15, 0.2) is 5.96 Å². The van der Waals surface area contributed by atoms with E-state index in [-0.39, 0.29) is 12.1 Å². The van der Waals surface area contributed by atoms with E-state index >= 15 is 0 Å². The average molecular weight is 344 g/mol. The monoisotopic (exact) mass is 343 g/mol. The van der Waals surface area contributed by atoms with E-state index in [0.717, 1.165) is 10.2 Å². The fourth-order valence-electron chi connectivity index (χ4n) is 1.61. The molecule has 0 spiro atoms. The fourth-order valence-corrected chi connectivity index (χ4v) is 1.99. The van der Waals surface area contributed by atoms with Gasteiger partial charge in [0.2, 0.25) is 0 Å². The number of nitrogens with one attached hydrogen (secondary N) is 1. The molecule has 0 amide bonds. The molecule has 5 nitrogen and oxygen atoms in total. The topological polar surface area (TPSA) is 68.9 Å². The van der Waals surface area contributed by atoms with Crippen molar-refractivity contribution in [2.75, 3.05) is 20.3 Å². The number of halogens is 1. The van der Waals surface area contributed by atoms with Crippen LogP contribution in [0.1, 0.15) is 13.8 Å². The summed E-state index contributed by atoms with van der Waals surface area (Å²) in [5.41, 5.74) is 5.79. The largest absolute Gasteiger partial charge is 0.488 e. The number of rotatable bonds is 7. The van der Waals surface area contributed by atoms with Crippen molar-refractivity contribution in [1.82, 2.24) is 5.32 Å². The van der Waals surface area contributed by atoms with Gasteiger partial charge in [-0.3, -0.25) is 0 Å². The van der Waals surface area contributed by atoms with Crippen LogP contribution in [-0.2, 0) is 4.74 Å². The maximum absolute atomic E-state index is 5.79. The zero-order valence-electron chi connectivity index (χ0n) is 12.1. The van der Waals surface area contributed by atoms with E-state index in [2.05, 4.69) is 26.2 Å². The van der Waals surface area contributed by atoms with E-state index in [0.29, 0.717) is 19.1 Å². The van der Waals surface area contributed by atoms with Crippen LogP contribution in [0.5, 0.6) is 5.75 Å². The van der Waals surface area contributed by atoms with Crippen LogP contribution in [0.2, 0.25) is 0 Å². The molecule has 6 heteroatoms. The second-order valence-corrected chi connectivity index (χ2v) is 5.44. The minimum atomic E-state index is -0.0632. The Morgan fingerprint density at radius 1 is 1.40 bits per heavy atom. The number of nitrogens with two attached hydrogens (primary N) is 1. The van der Waals surface area contributed by atoms with E-state index in [4.69, 9.17) is 15.2 Å². The maximum Gasteiger partial charge on any atom is 0.189 e. The van der Waals surface area contributed by atoms with Crippen LogP contribution in [0, 0.1) is 0 Å². The quantitative estimate of drug-likeness (QED) is 0.588. The predicted molar refractivity (Wildman–Crippen MR) is 85.2 cm³/mol. The lowest BCUT2D eigenvalue weighted by Crippen LogP contribution is -2.41. The summed E-state index contributed by atoms with van der Waals surface area (Å²) >= 11 is 3.44. The maximum atomic E-state index is 5.79. The number of benzene rings is 1. The molecular formula is C14H22BrN3O2. The highest BCUT2D eigenvalue weighted by Gasteiger charge is 2.07. The summed E-state index contributed by atoms with van der Waals surface area (Å²) in [6, 6.07) is 7.85. The molecule has 0 aliphatic carbocycles. The van der Waals surface area contributed by atoms with Crippen LogP contribution in [0.3, 0.4) is 0 Å². The molecule has 1 aromatic carbocycles. The number of aliphatic imine (C=N–C) groups is 1. The molecule has 0 saturated carbocycles. The Balaban J connectivity index is 2.42. The first-order valence-electron chi connectivity index (χ1n) is 6.49. The van der Waals surface area contributed by atoms with Crippen molar-refractivity contribution in [2.24, 2.45) is 10.7 Å². The first-order valence-corrected chi connectivity index (χ1v) is 7.28. The molecule has 0 aromatic heterocycles. The summed E-state index contributed by atoms with van der Waals surface area (Å²) in [7, 11) is 1.65. The van der Waals surface area contributed by atoms with E-state index in [1.54, 1.807) is 7.11 Å². The second kappa shape index (κ2) is 8.81. The standard InChI is InChI=1S/C14H22BrN3O2/c1-10(9-19-3)18-14(16)17-8-11(2)20-13-7-5-4-6-12(13)15/h4-7,10-11H,8-9H2,1-3H3,(H3,16,17,18). The van der Waals surface area contributed by atoms with Crippen LogP contribution in [-0.4, -0.2) is 38.4 Å². The molecule has 0 aliphatic rings. The Labute approximate surface area is 128 Å². The molecule has 112 valence electrons. The molecule has 1 rings (SSSR count). The van der Waals surface area contributed by atoms with Crippen molar-refractivity contribution in [1.29, 1.82) is 0 Å². The number of hydrogen-bond donors (Lipinski definition) is 2. The number of nitrogens with zero attached hydrogens (tertiary/aromatic N) is 1. The average Bonchev–Trinajstić information content (AvgIpc) is 2.39. The molecule has 0 radical (unpaired) electrons. The van der Waals surface area contributed by atoms with Gasteiger partial charge in [-0.2, -0.15) is 0 Å². The highest BCUT2D eigenvalue weighted by molar-refractivity contribution is 9.10. The molecule has 1 aromatic rings. The first-order chi connectivity index (χ1) is 9.52. The number of ether oxygens (including phenoxy) is 2. The molecule has 2 atom stereocenters. The van der Waals surface area contributed by atoms with Crippen molar-refractivity contribution >= 4 is 21.9 Å². The molecule has 2 unspecified atom stereocenters. The van der Waals surface area contributed by atoms with Gasteiger partial charge in [0.1, 0.15) is 11.9 Å². The Morgan fingerprint density at radius 2 is 2.10 bits per heavy atom. The van der Waals surface area contributed by atoms with Gasteiger partial charge in [0, 0.05) is 13.2 Å². The summed E-state index contributed by atoms with van der Waals surface area (Å²) in [5.74, 6) is 1.20. The highest BCUT2D eigenvalue weighted by Crippen LogP contribution is 2.24. The number of methoxy groups -OCH3 is 1. The van der Waals surface area contributed by atoms with Crippen molar-refractivity contribution in [3.8, 4) is 5.75 Å². The van der Waals surface area contributed by atoms with Crippen LogP contribution in [0.25, 0.3) is 0 Å². The summed E-state index contributed by atoms with van der Waals surface area (Å²) in [4.78, 5) is 4.26. The van der Waals surface area contributed by atoms with E-state index in [1.807, 2.05) is 38.1 Å². The first kappa shape index (κ1) is 16.8. The smallest absolute Gasteiger partial charge is 0.189 e. The summed E-state index contributed by atoms with van der Waals surface area (Å²) in [6.45, 7) is 5.00. The molecule has 3 N–H and O–H groups in total. The van der Waals surface area contributed by atoms with Crippen LogP contribution >= 0.6 is 15.9 Å². The predicted octanol–water partition coefficient (Wildman–Crippen LogP) is 2.16. The van der Waals surface area contributed by atoms with Crippen molar-refractivity contribution in [3.63, 3.8) is 0 Å². The molecular weight excluding hydrogens is 322 g/mol. The molecule has 0 saturated heterocycles. The van der Waals surface area contributed by atoms with Gasteiger partial charge >= 0.3 is 0 Å². The zero-order chi connectivity index (χ0) is 15.0. The summed E-state index contributed by atoms with van der Waals surface area (Å²) in [6.07, 6.45) is -0.0632. The van der Waals surface area contributed by atoms with E-state index < -0.39 is 0 Å². The number of hydrogen-bond acceptors (Lipinski definition) is 3. The molecule has 0 aliphatic heterocycles. The third-order valence-electron chi connectivity index (χ3n) is 2.49. The Hall–Kier alpha value is -1.27. The van der Waals surface area contributed by atoms with Gasteiger partial charge in [-0.15, -0.1) is 0 Å². The van der Waals surface area contributed by atoms with E-state index in [1.165, 1.54) is 0 Å². The summed E-state index contributed by atoms with van der Waals surface area (Å²) in [5, 5.41) is 3.05. The molecule has 0 heterocycles. The second-order valence-electron chi connectivity index (χ2n) is 4.59. The van der Waals surface area contributed by atoms with Gasteiger partial charge in [-0.1, -0.05) is 12.1 Å². The third-order valence-corrected chi connectivity index (χ3v) is 3.15. The molecule has 20 heavy (non-hydrogen) atoms. The third kappa shape index (κ3) is 6.25. The van der Waals surface area contributed by atoms with Crippen molar-refractivity contribution in [2.45, 2.75) is 26.0 Å². The minimum absolute atomic E-state index is 0.0632. The highest BCUT2D eigenvalue weighted by atomic mass is 79.9. The normalized spacial score (nSPS) is 14.7. The van der Waals surface area contributed by atoms with Gasteiger partial charge in [-0.05, 0) is 41.9 Å². The fraction of sp³-hybridized carbons (Fsp3) is 0.500. The number of para-hydroxylation sites is 1. The van der Waals surface area contributed by atoms with Gasteiger partial charge in [-0.25, -0.2) is 4.99 Å². The zero-order valence-corrected chi connectivity index (χ0v) is 13.7. The lowest BCUT2D eigenvalue weighted by Gasteiger charge is -2.16.